The number of allylic oxidation sites excluding steroid dienone is 4. The van der Waals surface area contributed by atoms with Gasteiger partial charge in [-0.1, -0.05) is 146 Å². The van der Waals surface area contributed by atoms with Gasteiger partial charge in [-0.05, 0) is 133 Å². The standard InChI is InChI=1S/C54H37NO/c1-2-11-40-33-42(20-19-36(40)9-1)37-21-27-44(28-22-37)55(46-13-7-12-41(34-46)43-26-32-54-52(35-43)51-15-5-6-18-53(51)56-54)45-29-23-39(24-30-45)48-16-8-17-49-47-14-4-3-10-38(47)25-31-50(48)49/h1-21,23-27,29-35H,22,28H2. The Morgan fingerprint density at radius 3 is 1.93 bits per heavy atom. The largest absolute Gasteiger partial charge is 0.456 e. The van der Waals surface area contributed by atoms with E-state index in [0.717, 1.165) is 46.2 Å². The minimum Gasteiger partial charge on any atom is -0.456 e. The number of hydrogen-bond acceptors (Lipinski definition) is 2. The van der Waals surface area contributed by atoms with Crippen LogP contribution in [0, 0.1) is 0 Å². The van der Waals surface area contributed by atoms with Crippen LogP contribution in [0.15, 0.2) is 210 Å². The van der Waals surface area contributed by atoms with E-state index >= 15 is 0 Å². The van der Waals surface area contributed by atoms with E-state index in [2.05, 4.69) is 193 Å². The van der Waals surface area contributed by atoms with Gasteiger partial charge in [0, 0.05) is 27.8 Å². The van der Waals surface area contributed by atoms with Crippen LogP contribution in [0.5, 0.6) is 0 Å². The quantitative estimate of drug-likeness (QED) is 0.159. The van der Waals surface area contributed by atoms with Gasteiger partial charge in [-0.15, -0.1) is 0 Å². The molecule has 0 radical (unpaired) electrons. The Kier molecular flexibility index (Phi) is 7.67. The molecule has 1 heterocycles. The predicted molar refractivity (Wildman–Crippen MR) is 237 cm³/mol. The summed E-state index contributed by atoms with van der Waals surface area (Å²) in [6.07, 6.45) is 6.54. The first-order valence-electron chi connectivity index (χ1n) is 19.5. The van der Waals surface area contributed by atoms with Crippen LogP contribution in [0.4, 0.5) is 11.4 Å². The molecule has 2 heteroatoms. The van der Waals surface area contributed by atoms with E-state index in [4.69, 9.17) is 4.42 Å². The fraction of sp³-hybridized carbons (Fsp3) is 0.0370. The molecule has 0 aliphatic heterocycles. The zero-order valence-corrected chi connectivity index (χ0v) is 30.8. The molecule has 11 rings (SSSR count). The summed E-state index contributed by atoms with van der Waals surface area (Å²) in [5, 5.41) is 9.94. The molecule has 9 aromatic carbocycles. The lowest BCUT2D eigenvalue weighted by molar-refractivity contribution is 0.669. The number of para-hydroxylation sites is 1. The van der Waals surface area contributed by atoms with Crippen LogP contribution in [0.2, 0.25) is 0 Å². The number of anilines is 2. The molecule has 1 aromatic heterocycles. The maximum atomic E-state index is 6.17. The molecule has 0 saturated carbocycles. The summed E-state index contributed by atoms with van der Waals surface area (Å²) < 4.78 is 6.17. The Morgan fingerprint density at radius 1 is 0.357 bits per heavy atom. The van der Waals surface area contributed by atoms with E-state index in [1.165, 1.54) is 71.4 Å². The van der Waals surface area contributed by atoms with Gasteiger partial charge in [0.1, 0.15) is 11.2 Å². The summed E-state index contributed by atoms with van der Waals surface area (Å²) in [5.41, 5.74) is 12.8. The Hall–Kier alpha value is -7.16. The molecule has 1 aliphatic rings. The van der Waals surface area contributed by atoms with Gasteiger partial charge in [0.2, 0.25) is 0 Å². The Labute approximate surface area is 325 Å². The topological polar surface area (TPSA) is 16.4 Å². The van der Waals surface area contributed by atoms with Crippen molar-refractivity contribution >= 4 is 71.2 Å². The molecule has 0 amide bonds. The molecule has 0 atom stereocenters. The second-order valence-electron chi connectivity index (χ2n) is 14.8. The van der Waals surface area contributed by atoms with Crippen LogP contribution in [0.3, 0.4) is 0 Å². The molecule has 0 unspecified atom stereocenters. The molecule has 0 N–H and O–H groups in total. The smallest absolute Gasteiger partial charge is 0.135 e. The zero-order valence-electron chi connectivity index (χ0n) is 30.8. The summed E-state index contributed by atoms with van der Waals surface area (Å²) in [4.78, 5) is 2.45. The van der Waals surface area contributed by atoms with Gasteiger partial charge in [0.05, 0.1) is 0 Å². The van der Waals surface area contributed by atoms with Crippen molar-refractivity contribution in [1.82, 2.24) is 0 Å². The number of furan rings is 1. The first-order chi connectivity index (χ1) is 27.7. The highest BCUT2D eigenvalue weighted by atomic mass is 16.3. The maximum absolute atomic E-state index is 6.17. The molecule has 0 fully saturated rings. The molecular formula is C54H37NO. The summed E-state index contributed by atoms with van der Waals surface area (Å²) in [6, 6.07) is 68.2. The van der Waals surface area contributed by atoms with Crippen LogP contribution in [0.1, 0.15) is 18.4 Å². The van der Waals surface area contributed by atoms with Crippen molar-refractivity contribution in [2.75, 3.05) is 4.90 Å². The van der Waals surface area contributed by atoms with Gasteiger partial charge in [-0.2, -0.15) is 0 Å². The molecular weight excluding hydrogens is 679 g/mol. The molecule has 10 aromatic rings. The van der Waals surface area contributed by atoms with E-state index in [-0.39, 0.29) is 0 Å². The normalized spacial score (nSPS) is 13.1. The van der Waals surface area contributed by atoms with Crippen LogP contribution in [0.25, 0.3) is 82.1 Å². The van der Waals surface area contributed by atoms with E-state index in [0.29, 0.717) is 0 Å². The Bertz CT molecular complexity index is 3200. The highest BCUT2D eigenvalue weighted by Gasteiger charge is 2.20. The lowest BCUT2D eigenvalue weighted by Gasteiger charge is -2.30. The van der Waals surface area contributed by atoms with Crippen LogP contribution >= 0.6 is 0 Å². The minimum absolute atomic E-state index is 0.911. The molecule has 0 bridgehead atoms. The van der Waals surface area contributed by atoms with Gasteiger partial charge in [-0.25, -0.2) is 0 Å². The number of benzene rings is 9. The van der Waals surface area contributed by atoms with E-state index in [1.54, 1.807) is 0 Å². The summed E-state index contributed by atoms with van der Waals surface area (Å²) in [6.45, 7) is 0. The fourth-order valence-corrected chi connectivity index (χ4v) is 8.74. The highest BCUT2D eigenvalue weighted by molar-refractivity contribution is 6.12. The molecule has 2 nitrogen and oxygen atoms in total. The van der Waals surface area contributed by atoms with Gasteiger partial charge < -0.3 is 9.32 Å². The van der Waals surface area contributed by atoms with Crippen molar-refractivity contribution in [3.8, 4) is 22.3 Å². The van der Waals surface area contributed by atoms with Crippen molar-refractivity contribution in [3.63, 3.8) is 0 Å². The Morgan fingerprint density at radius 2 is 1.05 bits per heavy atom. The number of rotatable bonds is 6. The van der Waals surface area contributed by atoms with Crippen LogP contribution in [-0.2, 0) is 0 Å². The van der Waals surface area contributed by atoms with E-state index in [9.17, 15) is 0 Å². The van der Waals surface area contributed by atoms with Crippen molar-refractivity contribution in [3.05, 3.63) is 211 Å². The first kappa shape index (κ1) is 32.3. The highest BCUT2D eigenvalue weighted by Crippen LogP contribution is 2.41. The predicted octanol–water partition coefficient (Wildman–Crippen LogP) is 15.3. The van der Waals surface area contributed by atoms with Crippen molar-refractivity contribution in [2.24, 2.45) is 0 Å². The molecule has 56 heavy (non-hydrogen) atoms. The van der Waals surface area contributed by atoms with E-state index in [1.807, 2.05) is 12.1 Å². The average Bonchev–Trinajstić information content (AvgIpc) is 3.65. The number of nitrogens with zero attached hydrogens (tertiary/aromatic N) is 1. The number of hydrogen-bond donors (Lipinski definition) is 0. The molecule has 1 aliphatic carbocycles. The maximum Gasteiger partial charge on any atom is 0.135 e. The van der Waals surface area contributed by atoms with Gasteiger partial charge in [0.15, 0.2) is 0 Å². The summed E-state index contributed by atoms with van der Waals surface area (Å²) >= 11 is 0. The second kappa shape index (κ2) is 13.3. The third kappa shape index (κ3) is 5.58. The number of fused-ring (bicyclic) bond motifs is 7. The van der Waals surface area contributed by atoms with Crippen LogP contribution < -0.4 is 4.90 Å². The minimum atomic E-state index is 0.911. The van der Waals surface area contributed by atoms with Crippen molar-refractivity contribution in [2.45, 2.75) is 12.8 Å². The lowest BCUT2D eigenvalue weighted by atomic mass is 9.93. The molecule has 0 saturated heterocycles. The lowest BCUT2D eigenvalue weighted by Crippen LogP contribution is -2.18. The SMILES string of the molecule is C1=C(c2ccc3ccccc3c2)CCC(N(c2ccc(-c3cccc4c3ccc3ccccc34)cc2)c2cccc(-c3ccc4oc5ccccc5c4c3)c2)=C1. The molecule has 264 valence electrons. The monoisotopic (exact) mass is 715 g/mol. The Balaban J connectivity index is 1.01. The van der Waals surface area contributed by atoms with Crippen LogP contribution in [-0.4, -0.2) is 0 Å². The van der Waals surface area contributed by atoms with Gasteiger partial charge in [-0.3, -0.25) is 0 Å². The zero-order chi connectivity index (χ0) is 37.0. The third-order valence-corrected chi connectivity index (χ3v) is 11.6. The summed E-state index contributed by atoms with van der Waals surface area (Å²) in [7, 11) is 0. The first-order valence-corrected chi connectivity index (χ1v) is 19.5. The van der Waals surface area contributed by atoms with Gasteiger partial charge >= 0.3 is 0 Å². The van der Waals surface area contributed by atoms with Crippen molar-refractivity contribution in [1.29, 1.82) is 0 Å². The van der Waals surface area contributed by atoms with Gasteiger partial charge in [0.25, 0.3) is 0 Å². The van der Waals surface area contributed by atoms with Crippen molar-refractivity contribution < 1.29 is 4.42 Å². The second-order valence-corrected chi connectivity index (χ2v) is 14.8. The third-order valence-electron chi connectivity index (χ3n) is 11.6. The summed E-state index contributed by atoms with van der Waals surface area (Å²) in [5.74, 6) is 0. The van der Waals surface area contributed by atoms with E-state index < -0.39 is 0 Å². The molecule has 0 spiro atoms. The fourth-order valence-electron chi connectivity index (χ4n) is 8.74. The average molecular weight is 716 g/mol.